The molecule has 0 spiro atoms. The number of rotatable bonds is 5. The average molecular weight is 329 g/mol. The van der Waals surface area contributed by atoms with Crippen molar-refractivity contribution in [1.29, 1.82) is 0 Å². The molecule has 7 nitrogen and oxygen atoms in total. The van der Waals surface area contributed by atoms with Crippen LogP contribution in [0.3, 0.4) is 0 Å². The molecule has 0 saturated heterocycles. The molecule has 0 aliphatic carbocycles. The highest BCUT2D eigenvalue weighted by Crippen LogP contribution is 2.28. The highest BCUT2D eigenvalue weighted by molar-refractivity contribution is 5.52. The molecule has 0 amide bonds. The van der Waals surface area contributed by atoms with E-state index in [0.29, 0.717) is 5.56 Å². The maximum atomic E-state index is 13.2. The summed E-state index contributed by atoms with van der Waals surface area (Å²) in [5.74, 6) is -0.0366. The number of hydrogen-bond acceptors (Lipinski definition) is 6. The number of nitro benzene ring substituents is 1. The van der Waals surface area contributed by atoms with Gasteiger partial charge in [-0.2, -0.15) is 0 Å². The highest BCUT2D eigenvalue weighted by atomic mass is 19.1. The Hall–Kier alpha value is -3.29. The van der Waals surface area contributed by atoms with E-state index in [1.807, 2.05) is 0 Å². The molecule has 3 rings (SSSR count). The number of nitrogens with zero attached hydrogens (tertiary/aromatic N) is 3. The number of ether oxygens (including phenoxy) is 1. The second kappa shape index (κ2) is 6.45. The summed E-state index contributed by atoms with van der Waals surface area (Å²) < 4.78 is 24.0. The van der Waals surface area contributed by atoms with E-state index in [9.17, 15) is 14.5 Å². The van der Waals surface area contributed by atoms with Gasteiger partial charge in [0, 0.05) is 11.6 Å². The van der Waals surface area contributed by atoms with Crippen LogP contribution in [0.15, 0.2) is 46.9 Å². The number of aromatic nitrogens is 2. The van der Waals surface area contributed by atoms with Crippen LogP contribution in [0.25, 0.3) is 11.5 Å². The van der Waals surface area contributed by atoms with E-state index in [-0.39, 0.29) is 29.8 Å². The molecule has 24 heavy (non-hydrogen) atoms. The lowest BCUT2D eigenvalue weighted by Gasteiger charge is -2.04. The monoisotopic (exact) mass is 329 g/mol. The van der Waals surface area contributed by atoms with Crippen molar-refractivity contribution in [2.24, 2.45) is 0 Å². The standard InChI is InChI=1S/C16H12FN3O4/c1-10-5-6-14(13(7-10)20(21)22)23-9-15-18-19-16(24-15)11-3-2-4-12(17)8-11/h2-8H,9H2,1H3. The van der Waals surface area contributed by atoms with Gasteiger partial charge in [0.1, 0.15) is 5.82 Å². The van der Waals surface area contributed by atoms with Crippen LogP contribution in [0.2, 0.25) is 0 Å². The fourth-order valence-corrected chi connectivity index (χ4v) is 2.08. The van der Waals surface area contributed by atoms with E-state index in [1.54, 1.807) is 19.1 Å². The lowest BCUT2D eigenvalue weighted by molar-refractivity contribution is -0.386. The summed E-state index contributed by atoms with van der Waals surface area (Å²) in [5, 5.41) is 18.7. The van der Waals surface area contributed by atoms with Crippen molar-refractivity contribution in [2.45, 2.75) is 13.5 Å². The first kappa shape index (κ1) is 15.6. The number of aryl methyl sites for hydroxylation is 1. The van der Waals surface area contributed by atoms with Crippen LogP contribution in [0, 0.1) is 22.9 Å². The van der Waals surface area contributed by atoms with Gasteiger partial charge in [-0.1, -0.05) is 12.1 Å². The lowest BCUT2D eigenvalue weighted by Crippen LogP contribution is -1.99. The van der Waals surface area contributed by atoms with Crippen LogP contribution >= 0.6 is 0 Å². The van der Waals surface area contributed by atoms with Gasteiger partial charge in [-0.15, -0.1) is 10.2 Å². The third-order valence-electron chi connectivity index (χ3n) is 3.20. The molecule has 2 aromatic carbocycles. The van der Waals surface area contributed by atoms with Crippen molar-refractivity contribution < 1.29 is 18.5 Å². The van der Waals surface area contributed by atoms with E-state index in [2.05, 4.69) is 10.2 Å². The van der Waals surface area contributed by atoms with E-state index >= 15 is 0 Å². The maximum Gasteiger partial charge on any atom is 0.311 e. The Morgan fingerprint density at radius 3 is 2.83 bits per heavy atom. The largest absolute Gasteiger partial charge is 0.477 e. The first-order valence-corrected chi connectivity index (χ1v) is 6.99. The molecule has 1 aromatic heterocycles. The van der Waals surface area contributed by atoms with Gasteiger partial charge in [0.25, 0.3) is 5.89 Å². The van der Waals surface area contributed by atoms with E-state index in [0.717, 1.165) is 5.56 Å². The molecule has 122 valence electrons. The molecule has 0 saturated carbocycles. The molecule has 0 bridgehead atoms. The van der Waals surface area contributed by atoms with Gasteiger partial charge >= 0.3 is 5.69 Å². The minimum Gasteiger partial charge on any atom is -0.477 e. The molecule has 1 heterocycles. The summed E-state index contributed by atoms with van der Waals surface area (Å²) in [6.07, 6.45) is 0. The van der Waals surface area contributed by atoms with Crippen molar-refractivity contribution in [3.63, 3.8) is 0 Å². The third kappa shape index (κ3) is 3.37. The number of halogens is 1. The quantitative estimate of drug-likeness (QED) is 0.524. The molecule has 0 aliphatic heterocycles. The summed E-state index contributed by atoms with van der Waals surface area (Å²) in [7, 11) is 0. The minimum absolute atomic E-state index is 0.108. The Morgan fingerprint density at radius 1 is 1.25 bits per heavy atom. The predicted octanol–water partition coefficient (Wildman–Crippen LogP) is 3.67. The third-order valence-corrected chi connectivity index (χ3v) is 3.20. The number of nitro groups is 1. The summed E-state index contributed by atoms with van der Waals surface area (Å²) in [5.41, 5.74) is 1.05. The zero-order chi connectivity index (χ0) is 17.1. The highest BCUT2D eigenvalue weighted by Gasteiger charge is 2.17. The maximum absolute atomic E-state index is 13.2. The fourth-order valence-electron chi connectivity index (χ4n) is 2.08. The zero-order valence-electron chi connectivity index (χ0n) is 12.6. The molecule has 0 aliphatic rings. The molecule has 0 N–H and O–H groups in total. The van der Waals surface area contributed by atoms with Gasteiger partial charge < -0.3 is 9.15 Å². The Morgan fingerprint density at radius 2 is 2.08 bits per heavy atom. The van der Waals surface area contributed by atoms with Crippen LogP contribution in [0.4, 0.5) is 10.1 Å². The van der Waals surface area contributed by atoms with Crippen molar-refractivity contribution >= 4 is 5.69 Å². The first-order valence-electron chi connectivity index (χ1n) is 6.99. The number of hydrogen-bond donors (Lipinski definition) is 0. The molecule has 0 atom stereocenters. The van der Waals surface area contributed by atoms with Gasteiger partial charge in [0.2, 0.25) is 5.89 Å². The van der Waals surface area contributed by atoms with Crippen molar-refractivity contribution in [3.05, 3.63) is 69.9 Å². The van der Waals surface area contributed by atoms with Crippen LogP contribution in [-0.2, 0) is 6.61 Å². The van der Waals surface area contributed by atoms with Crippen LogP contribution in [0.1, 0.15) is 11.5 Å². The van der Waals surface area contributed by atoms with E-state index < -0.39 is 10.7 Å². The second-order valence-corrected chi connectivity index (χ2v) is 5.03. The van der Waals surface area contributed by atoms with Crippen LogP contribution in [0.5, 0.6) is 5.75 Å². The van der Waals surface area contributed by atoms with E-state index in [1.165, 1.54) is 30.3 Å². The molecule has 0 unspecified atom stereocenters. The molecule has 3 aromatic rings. The van der Waals surface area contributed by atoms with Crippen molar-refractivity contribution in [1.82, 2.24) is 10.2 Å². The summed E-state index contributed by atoms with van der Waals surface area (Å²) >= 11 is 0. The van der Waals surface area contributed by atoms with Crippen molar-refractivity contribution in [2.75, 3.05) is 0 Å². The zero-order valence-corrected chi connectivity index (χ0v) is 12.6. The Kier molecular flexibility index (Phi) is 4.19. The van der Waals surface area contributed by atoms with Crippen LogP contribution < -0.4 is 4.74 Å². The SMILES string of the molecule is Cc1ccc(OCc2nnc(-c3cccc(F)c3)o2)c([N+](=O)[O-])c1. The van der Waals surface area contributed by atoms with Gasteiger partial charge in [0.05, 0.1) is 4.92 Å². The summed E-state index contributed by atoms with van der Waals surface area (Å²) in [6.45, 7) is 1.62. The van der Waals surface area contributed by atoms with Crippen molar-refractivity contribution in [3.8, 4) is 17.2 Å². The van der Waals surface area contributed by atoms with Gasteiger partial charge in [-0.05, 0) is 36.8 Å². The fraction of sp³-hybridized carbons (Fsp3) is 0.125. The Balaban J connectivity index is 1.76. The molecule has 8 heteroatoms. The lowest BCUT2D eigenvalue weighted by atomic mass is 10.2. The average Bonchev–Trinajstić information content (AvgIpc) is 3.02. The topological polar surface area (TPSA) is 91.3 Å². The van der Waals surface area contributed by atoms with Gasteiger partial charge in [-0.3, -0.25) is 10.1 Å². The van der Waals surface area contributed by atoms with E-state index in [4.69, 9.17) is 9.15 Å². The Labute approximate surface area is 135 Å². The normalized spacial score (nSPS) is 10.6. The van der Waals surface area contributed by atoms with Crippen LogP contribution in [-0.4, -0.2) is 15.1 Å². The molecule has 0 fully saturated rings. The van der Waals surface area contributed by atoms with Gasteiger partial charge in [0.15, 0.2) is 12.4 Å². The first-order chi connectivity index (χ1) is 11.5. The minimum atomic E-state index is -0.520. The molecule has 0 radical (unpaired) electrons. The summed E-state index contributed by atoms with van der Waals surface area (Å²) in [6, 6.07) is 10.4. The Bertz CT molecular complexity index is 895. The molecular formula is C16H12FN3O4. The smallest absolute Gasteiger partial charge is 0.311 e. The second-order valence-electron chi connectivity index (χ2n) is 5.03. The number of benzene rings is 2. The predicted molar refractivity (Wildman–Crippen MR) is 81.9 cm³/mol. The molecular weight excluding hydrogens is 317 g/mol. The van der Waals surface area contributed by atoms with Gasteiger partial charge in [-0.25, -0.2) is 4.39 Å². The summed E-state index contributed by atoms with van der Waals surface area (Å²) in [4.78, 5) is 10.5.